The largest absolute Gasteiger partial charge is 0.488 e. The average Bonchev–Trinajstić information content (AvgIpc) is 2.26. The van der Waals surface area contributed by atoms with Crippen LogP contribution >= 0.6 is 0 Å². The Morgan fingerprint density at radius 3 is 2.09 bits per heavy atom. The molecule has 0 radical (unpaired) electrons. The van der Waals surface area contributed by atoms with Gasteiger partial charge in [0.2, 0.25) is 0 Å². The fourth-order valence-corrected chi connectivity index (χ4v) is 1.64. The van der Waals surface area contributed by atoms with E-state index in [1.807, 2.05) is 20.8 Å². The zero-order valence-corrected chi connectivity index (χ0v) is 13.8. The fraction of sp³-hybridized carbons (Fsp3) is 0.500. The molecule has 0 aliphatic rings. The van der Waals surface area contributed by atoms with Gasteiger partial charge in [-0.3, -0.25) is 5.32 Å². The minimum absolute atomic E-state index is 0.0624. The normalized spacial score (nSPS) is 11.7. The second-order valence-corrected chi connectivity index (χ2v) is 6.85. The third kappa shape index (κ3) is 6.03. The molecule has 1 aromatic carbocycles. The Kier molecular flexibility index (Phi) is 5.06. The summed E-state index contributed by atoms with van der Waals surface area (Å²) in [7, 11) is 0. The molecule has 0 spiro atoms. The Labute approximate surface area is 130 Å². The number of nitrogens with one attached hydrogen (secondary N) is 1. The van der Waals surface area contributed by atoms with Crippen LogP contribution in [0.15, 0.2) is 18.2 Å². The second-order valence-electron chi connectivity index (χ2n) is 6.85. The van der Waals surface area contributed by atoms with E-state index >= 15 is 0 Å². The van der Waals surface area contributed by atoms with E-state index in [1.165, 1.54) is 12.1 Å². The first kappa shape index (κ1) is 17.8. The summed E-state index contributed by atoms with van der Waals surface area (Å²) in [6.45, 7) is 10.8. The molecule has 0 aliphatic carbocycles. The fourth-order valence-electron chi connectivity index (χ4n) is 1.64. The monoisotopic (exact) mass is 309 g/mol. The minimum atomic E-state index is -1.16. The number of benzene rings is 1. The number of hydrogen-bond donors (Lipinski definition) is 2. The molecule has 6 heteroatoms. The van der Waals surface area contributed by atoms with Crippen LogP contribution in [0, 0.1) is 0 Å². The van der Waals surface area contributed by atoms with Crippen LogP contribution in [0.2, 0.25) is 0 Å². The van der Waals surface area contributed by atoms with E-state index in [9.17, 15) is 14.7 Å². The van der Waals surface area contributed by atoms with Crippen LogP contribution in [0.25, 0.3) is 0 Å². The first-order valence-electron chi connectivity index (χ1n) is 6.94. The number of carboxylic acid groups (broad SMARTS) is 1. The van der Waals surface area contributed by atoms with E-state index < -0.39 is 23.3 Å². The molecule has 0 bridgehead atoms. The summed E-state index contributed by atoms with van der Waals surface area (Å²) in [6, 6.07) is 4.46. The van der Waals surface area contributed by atoms with Crippen molar-refractivity contribution in [1.82, 2.24) is 0 Å². The number of aromatic carboxylic acids is 1. The van der Waals surface area contributed by atoms with E-state index in [1.54, 1.807) is 26.8 Å². The Hall–Kier alpha value is -2.24. The number of carbonyl (C=O) groups is 2. The van der Waals surface area contributed by atoms with Crippen molar-refractivity contribution in [2.75, 3.05) is 5.32 Å². The highest BCUT2D eigenvalue weighted by Crippen LogP contribution is 2.25. The molecule has 0 unspecified atom stereocenters. The molecule has 0 aromatic heterocycles. The van der Waals surface area contributed by atoms with Gasteiger partial charge in [0.15, 0.2) is 0 Å². The molecular formula is C16H23NO5. The van der Waals surface area contributed by atoms with Gasteiger partial charge in [0.25, 0.3) is 0 Å². The summed E-state index contributed by atoms with van der Waals surface area (Å²) in [4.78, 5) is 23.1. The van der Waals surface area contributed by atoms with Gasteiger partial charge in [-0.2, -0.15) is 0 Å². The maximum absolute atomic E-state index is 11.8. The highest BCUT2D eigenvalue weighted by atomic mass is 16.6. The van der Waals surface area contributed by atoms with Crippen LogP contribution in [-0.2, 0) is 4.74 Å². The number of carbonyl (C=O) groups excluding carboxylic acids is 1. The molecule has 6 nitrogen and oxygen atoms in total. The quantitative estimate of drug-likeness (QED) is 0.884. The van der Waals surface area contributed by atoms with Crippen molar-refractivity contribution in [3.8, 4) is 5.75 Å². The van der Waals surface area contributed by atoms with E-state index in [2.05, 4.69) is 5.32 Å². The molecule has 2 N–H and O–H groups in total. The summed E-state index contributed by atoms with van der Waals surface area (Å²) < 4.78 is 10.7. The standard InChI is InChI=1S/C16H23NO5/c1-15(2,3)21-10-7-8-12(11(9-10)13(18)19)17-14(20)22-16(4,5)6/h7-9H,1-6H3,(H,17,20)(H,18,19). The van der Waals surface area contributed by atoms with Gasteiger partial charge in [-0.05, 0) is 59.7 Å². The predicted octanol–water partition coefficient (Wildman–Crippen LogP) is 3.91. The molecule has 22 heavy (non-hydrogen) atoms. The zero-order chi connectivity index (χ0) is 17.1. The molecule has 1 rings (SSSR count). The number of carboxylic acids is 1. The lowest BCUT2D eigenvalue weighted by molar-refractivity contribution is 0.0635. The lowest BCUT2D eigenvalue weighted by Gasteiger charge is -2.22. The van der Waals surface area contributed by atoms with E-state index in [4.69, 9.17) is 9.47 Å². The zero-order valence-electron chi connectivity index (χ0n) is 13.8. The Morgan fingerprint density at radius 2 is 1.64 bits per heavy atom. The van der Waals surface area contributed by atoms with E-state index in [-0.39, 0.29) is 11.3 Å². The third-order valence-electron chi connectivity index (χ3n) is 2.28. The summed E-state index contributed by atoms with van der Waals surface area (Å²) in [6.07, 6.45) is -0.709. The predicted molar refractivity (Wildman–Crippen MR) is 83.6 cm³/mol. The summed E-state index contributed by atoms with van der Waals surface area (Å²) >= 11 is 0. The number of ether oxygens (including phenoxy) is 2. The molecule has 1 aromatic rings. The smallest absolute Gasteiger partial charge is 0.412 e. The number of rotatable bonds is 3. The molecule has 0 heterocycles. The van der Waals surface area contributed by atoms with Gasteiger partial charge < -0.3 is 14.6 Å². The van der Waals surface area contributed by atoms with E-state index in [0.717, 1.165) is 0 Å². The average molecular weight is 309 g/mol. The maximum Gasteiger partial charge on any atom is 0.412 e. The van der Waals surface area contributed by atoms with Crippen molar-refractivity contribution >= 4 is 17.7 Å². The van der Waals surface area contributed by atoms with Crippen LogP contribution < -0.4 is 10.1 Å². The van der Waals surface area contributed by atoms with Gasteiger partial charge in [-0.25, -0.2) is 9.59 Å². The third-order valence-corrected chi connectivity index (χ3v) is 2.28. The molecular weight excluding hydrogens is 286 g/mol. The SMILES string of the molecule is CC(C)(C)OC(=O)Nc1ccc(OC(C)(C)C)cc1C(=O)O. The summed E-state index contributed by atoms with van der Waals surface area (Å²) in [5.41, 5.74) is -1.02. The van der Waals surface area contributed by atoms with E-state index in [0.29, 0.717) is 5.75 Å². The van der Waals surface area contributed by atoms with Gasteiger partial charge in [-0.15, -0.1) is 0 Å². The maximum atomic E-state index is 11.8. The lowest BCUT2D eigenvalue weighted by atomic mass is 10.1. The Balaban J connectivity index is 3.01. The van der Waals surface area contributed by atoms with Crippen molar-refractivity contribution in [3.63, 3.8) is 0 Å². The second kappa shape index (κ2) is 6.25. The molecule has 1 amide bonds. The van der Waals surface area contributed by atoms with Gasteiger partial charge in [-0.1, -0.05) is 0 Å². The van der Waals surface area contributed by atoms with Crippen LogP contribution in [0.3, 0.4) is 0 Å². The van der Waals surface area contributed by atoms with Crippen LogP contribution in [-0.4, -0.2) is 28.4 Å². The van der Waals surface area contributed by atoms with Gasteiger partial charge in [0.1, 0.15) is 17.0 Å². The van der Waals surface area contributed by atoms with Gasteiger partial charge >= 0.3 is 12.1 Å². The number of anilines is 1. The minimum Gasteiger partial charge on any atom is -0.488 e. The molecule has 0 atom stereocenters. The first-order valence-corrected chi connectivity index (χ1v) is 6.94. The molecule has 0 aliphatic heterocycles. The van der Waals surface area contributed by atoms with Crippen molar-refractivity contribution in [3.05, 3.63) is 23.8 Å². The van der Waals surface area contributed by atoms with Crippen molar-refractivity contribution < 1.29 is 24.2 Å². The first-order chi connectivity index (χ1) is 9.87. The van der Waals surface area contributed by atoms with Crippen molar-refractivity contribution in [1.29, 1.82) is 0 Å². The molecule has 0 saturated carbocycles. The molecule has 0 saturated heterocycles. The van der Waals surface area contributed by atoms with Crippen LogP contribution in [0.5, 0.6) is 5.75 Å². The van der Waals surface area contributed by atoms with Crippen molar-refractivity contribution in [2.45, 2.75) is 52.7 Å². The summed E-state index contributed by atoms with van der Waals surface area (Å²) in [5.74, 6) is -0.745. The molecule has 122 valence electrons. The summed E-state index contributed by atoms with van der Waals surface area (Å²) in [5, 5.41) is 11.7. The Morgan fingerprint density at radius 1 is 1.05 bits per heavy atom. The molecule has 0 fully saturated rings. The van der Waals surface area contributed by atoms with Crippen LogP contribution in [0.4, 0.5) is 10.5 Å². The number of hydrogen-bond acceptors (Lipinski definition) is 4. The van der Waals surface area contributed by atoms with Crippen LogP contribution in [0.1, 0.15) is 51.9 Å². The highest BCUT2D eigenvalue weighted by molar-refractivity contribution is 5.99. The lowest BCUT2D eigenvalue weighted by Crippen LogP contribution is -2.28. The van der Waals surface area contributed by atoms with Gasteiger partial charge in [0, 0.05) is 0 Å². The number of amides is 1. The van der Waals surface area contributed by atoms with Gasteiger partial charge in [0.05, 0.1) is 11.3 Å². The highest BCUT2D eigenvalue weighted by Gasteiger charge is 2.20. The van der Waals surface area contributed by atoms with Crippen molar-refractivity contribution in [2.24, 2.45) is 0 Å². The Bertz CT molecular complexity index is 567. The topological polar surface area (TPSA) is 84.9 Å².